The van der Waals surface area contributed by atoms with Gasteiger partial charge < -0.3 is 19.5 Å². The van der Waals surface area contributed by atoms with Crippen molar-refractivity contribution in [2.24, 2.45) is 0 Å². The van der Waals surface area contributed by atoms with E-state index in [0.717, 1.165) is 23.3 Å². The molecule has 2 unspecified atom stereocenters. The summed E-state index contributed by atoms with van der Waals surface area (Å²) in [6.07, 6.45) is -3.91. The van der Waals surface area contributed by atoms with E-state index in [4.69, 9.17) is 14.2 Å². The van der Waals surface area contributed by atoms with Gasteiger partial charge in [-0.2, -0.15) is 13.2 Å². The number of alkyl halides is 3. The minimum absolute atomic E-state index is 0.0113. The number of hydrogen-bond donors (Lipinski definition) is 1. The number of carbonyl (C=O) groups excluding carboxylic acids is 2. The fourth-order valence-corrected chi connectivity index (χ4v) is 5.65. The molecule has 0 bridgehead atoms. The van der Waals surface area contributed by atoms with Crippen LogP contribution in [0.5, 0.6) is 11.5 Å². The van der Waals surface area contributed by atoms with Gasteiger partial charge in [-0.05, 0) is 60.2 Å². The molecule has 0 saturated heterocycles. The normalized spacial score (nSPS) is 18.8. The van der Waals surface area contributed by atoms with Gasteiger partial charge in [0.2, 0.25) is 0 Å². The third-order valence-corrected chi connectivity index (χ3v) is 7.71. The number of carbonyl (C=O) groups is 2. The topological polar surface area (TPSA) is 73.9 Å². The van der Waals surface area contributed by atoms with Crippen molar-refractivity contribution in [2.75, 3.05) is 14.2 Å². The molecule has 1 aliphatic heterocycles. The summed E-state index contributed by atoms with van der Waals surface area (Å²) in [6.45, 7) is 1.72. The standard InChI is InChI=1S/C33H30F3NO5/c1-19-29(32(39)42-18-20-7-5-4-6-8-20)30(21-9-12-24(13-10-21)33(34,35)36)31-25(37-19)15-23(16-26(31)38)22-11-14-27(40-2)28(17-22)41-3/h4-14,17,23,30,37H,15-16,18H2,1-3H3. The number of benzene rings is 3. The van der Waals surface area contributed by atoms with Crippen LogP contribution in [0.25, 0.3) is 0 Å². The largest absolute Gasteiger partial charge is 0.493 e. The molecule has 6 nitrogen and oxygen atoms in total. The summed E-state index contributed by atoms with van der Waals surface area (Å²) in [5.74, 6) is -0.800. The van der Waals surface area contributed by atoms with E-state index in [9.17, 15) is 22.8 Å². The number of dihydropyridines is 1. The van der Waals surface area contributed by atoms with Gasteiger partial charge in [-0.1, -0.05) is 48.5 Å². The molecule has 3 aromatic carbocycles. The first-order chi connectivity index (χ1) is 20.1. The molecule has 3 aromatic rings. The van der Waals surface area contributed by atoms with Gasteiger partial charge in [0.25, 0.3) is 0 Å². The minimum atomic E-state index is -4.52. The number of Topliss-reactive ketones (excluding diaryl/α,β-unsaturated/α-hetero) is 1. The predicted molar refractivity (Wildman–Crippen MR) is 150 cm³/mol. The van der Waals surface area contributed by atoms with Crippen molar-refractivity contribution in [2.45, 2.75) is 44.4 Å². The Morgan fingerprint density at radius 2 is 1.57 bits per heavy atom. The summed E-state index contributed by atoms with van der Waals surface area (Å²) in [4.78, 5) is 27.4. The Kier molecular flexibility index (Phi) is 8.11. The fraction of sp³-hybridized carbons (Fsp3) is 0.273. The van der Waals surface area contributed by atoms with Crippen molar-refractivity contribution in [3.05, 3.63) is 118 Å². The highest BCUT2D eigenvalue weighted by molar-refractivity contribution is 6.04. The molecule has 1 aliphatic carbocycles. The molecule has 0 radical (unpaired) electrons. The molecular formula is C33H30F3NO5. The van der Waals surface area contributed by atoms with Gasteiger partial charge in [-0.3, -0.25) is 4.79 Å². The second-order valence-corrected chi connectivity index (χ2v) is 10.3. The quantitative estimate of drug-likeness (QED) is 0.311. The van der Waals surface area contributed by atoms with Gasteiger partial charge in [0.05, 0.1) is 25.4 Å². The first-order valence-corrected chi connectivity index (χ1v) is 13.4. The maximum absolute atomic E-state index is 13.8. The van der Waals surface area contributed by atoms with Crippen molar-refractivity contribution in [1.82, 2.24) is 5.32 Å². The van der Waals surface area contributed by atoms with E-state index in [1.165, 1.54) is 19.2 Å². The number of allylic oxidation sites excluding steroid dienone is 3. The monoisotopic (exact) mass is 577 g/mol. The molecule has 42 heavy (non-hydrogen) atoms. The van der Waals surface area contributed by atoms with Crippen LogP contribution in [0.1, 0.15) is 53.9 Å². The van der Waals surface area contributed by atoms with Crippen LogP contribution in [0, 0.1) is 0 Å². The lowest BCUT2D eigenvalue weighted by atomic mass is 9.71. The Balaban J connectivity index is 1.52. The van der Waals surface area contributed by atoms with Crippen LogP contribution < -0.4 is 14.8 Å². The van der Waals surface area contributed by atoms with E-state index in [2.05, 4.69) is 5.32 Å². The Hall–Kier alpha value is -4.53. The number of ether oxygens (including phenoxy) is 3. The van der Waals surface area contributed by atoms with Gasteiger partial charge in [0, 0.05) is 29.3 Å². The van der Waals surface area contributed by atoms with Gasteiger partial charge in [-0.25, -0.2) is 4.79 Å². The van der Waals surface area contributed by atoms with Crippen molar-refractivity contribution in [3.8, 4) is 11.5 Å². The van der Waals surface area contributed by atoms with Gasteiger partial charge in [0.15, 0.2) is 17.3 Å². The first kappa shape index (κ1) is 29.0. The second kappa shape index (κ2) is 11.8. The van der Waals surface area contributed by atoms with Crippen molar-refractivity contribution in [3.63, 3.8) is 0 Å². The highest BCUT2D eigenvalue weighted by Gasteiger charge is 2.42. The van der Waals surface area contributed by atoms with Crippen LogP contribution in [-0.4, -0.2) is 26.0 Å². The Bertz CT molecular complexity index is 1560. The number of esters is 1. The predicted octanol–water partition coefficient (Wildman–Crippen LogP) is 6.83. The number of ketones is 1. The van der Waals surface area contributed by atoms with E-state index in [0.29, 0.717) is 40.5 Å². The van der Waals surface area contributed by atoms with E-state index >= 15 is 0 Å². The molecule has 0 saturated carbocycles. The van der Waals surface area contributed by atoms with Gasteiger partial charge >= 0.3 is 12.1 Å². The summed E-state index contributed by atoms with van der Waals surface area (Å²) in [5.41, 5.74) is 2.94. The van der Waals surface area contributed by atoms with Crippen LogP contribution in [0.2, 0.25) is 0 Å². The van der Waals surface area contributed by atoms with Gasteiger partial charge in [-0.15, -0.1) is 0 Å². The summed E-state index contributed by atoms with van der Waals surface area (Å²) < 4.78 is 56.5. The highest BCUT2D eigenvalue weighted by atomic mass is 19.4. The molecule has 9 heteroatoms. The molecular weight excluding hydrogens is 547 g/mol. The summed E-state index contributed by atoms with van der Waals surface area (Å²) in [7, 11) is 3.09. The zero-order valence-corrected chi connectivity index (χ0v) is 23.4. The molecule has 0 amide bonds. The van der Waals surface area contributed by atoms with Crippen LogP contribution in [0.4, 0.5) is 13.2 Å². The maximum Gasteiger partial charge on any atom is 0.416 e. The number of nitrogens with one attached hydrogen (secondary N) is 1. The molecule has 1 heterocycles. The molecule has 1 N–H and O–H groups in total. The second-order valence-electron chi connectivity index (χ2n) is 10.3. The first-order valence-electron chi connectivity index (χ1n) is 13.4. The Morgan fingerprint density at radius 3 is 2.21 bits per heavy atom. The molecule has 0 fully saturated rings. The number of hydrogen-bond acceptors (Lipinski definition) is 6. The molecule has 0 aromatic heterocycles. The van der Waals surface area contributed by atoms with Crippen LogP contribution in [0.15, 0.2) is 95.3 Å². The SMILES string of the molecule is COc1ccc(C2CC(=O)C3=C(C2)NC(C)=C(C(=O)OCc2ccccc2)C3c2ccc(C(F)(F)F)cc2)cc1OC. The number of rotatable bonds is 7. The lowest BCUT2D eigenvalue weighted by Gasteiger charge is -2.37. The zero-order valence-electron chi connectivity index (χ0n) is 23.4. The average Bonchev–Trinajstić information content (AvgIpc) is 2.98. The van der Waals surface area contributed by atoms with Crippen LogP contribution >= 0.6 is 0 Å². The lowest BCUT2D eigenvalue weighted by Crippen LogP contribution is -2.36. The fourth-order valence-electron chi connectivity index (χ4n) is 5.65. The average molecular weight is 578 g/mol. The van der Waals surface area contributed by atoms with E-state index in [1.807, 2.05) is 42.5 Å². The van der Waals surface area contributed by atoms with E-state index in [1.54, 1.807) is 20.1 Å². The van der Waals surface area contributed by atoms with Crippen LogP contribution in [-0.2, 0) is 27.1 Å². The van der Waals surface area contributed by atoms with E-state index < -0.39 is 23.6 Å². The molecule has 5 rings (SSSR count). The third-order valence-electron chi connectivity index (χ3n) is 7.71. The molecule has 218 valence electrons. The lowest BCUT2D eigenvalue weighted by molar-refractivity contribution is -0.141. The Labute approximate surface area is 241 Å². The smallest absolute Gasteiger partial charge is 0.416 e. The summed E-state index contributed by atoms with van der Waals surface area (Å²) in [5, 5.41) is 3.27. The van der Waals surface area contributed by atoms with Gasteiger partial charge in [0.1, 0.15) is 6.61 Å². The highest BCUT2D eigenvalue weighted by Crippen LogP contribution is 2.47. The van der Waals surface area contributed by atoms with Crippen molar-refractivity contribution < 1.29 is 37.0 Å². The number of halogens is 3. The Morgan fingerprint density at radius 1 is 0.905 bits per heavy atom. The zero-order chi connectivity index (χ0) is 30.0. The molecule has 0 spiro atoms. The molecule has 2 aliphatic rings. The third kappa shape index (κ3) is 5.77. The van der Waals surface area contributed by atoms with Crippen molar-refractivity contribution >= 4 is 11.8 Å². The van der Waals surface area contributed by atoms with Crippen LogP contribution in [0.3, 0.4) is 0 Å². The maximum atomic E-state index is 13.8. The minimum Gasteiger partial charge on any atom is -0.493 e. The summed E-state index contributed by atoms with van der Waals surface area (Å²) in [6, 6.07) is 19.3. The van der Waals surface area contributed by atoms with Crippen molar-refractivity contribution in [1.29, 1.82) is 0 Å². The molecule has 2 atom stereocenters. The number of methoxy groups -OCH3 is 2. The summed E-state index contributed by atoms with van der Waals surface area (Å²) >= 11 is 0. The van der Waals surface area contributed by atoms with E-state index in [-0.39, 0.29) is 30.3 Å².